The molecule has 1 unspecified atom stereocenters. The lowest BCUT2D eigenvalue weighted by Crippen LogP contribution is -2.17. The first-order valence-corrected chi connectivity index (χ1v) is 6.89. The van der Waals surface area contributed by atoms with E-state index in [1.807, 2.05) is 27.0 Å². The van der Waals surface area contributed by atoms with Crippen molar-refractivity contribution in [2.75, 3.05) is 0 Å². The van der Waals surface area contributed by atoms with Crippen molar-refractivity contribution in [1.29, 1.82) is 0 Å². The highest BCUT2D eigenvalue weighted by Gasteiger charge is 2.17. The Morgan fingerprint density at radius 1 is 1.42 bits per heavy atom. The van der Waals surface area contributed by atoms with Crippen LogP contribution in [0.5, 0.6) is 0 Å². The van der Waals surface area contributed by atoms with Gasteiger partial charge in [0.25, 0.3) is 0 Å². The molecule has 2 rings (SSSR count). The Hall–Kier alpha value is -1.20. The van der Waals surface area contributed by atoms with E-state index in [0.29, 0.717) is 12.0 Å². The highest BCUT2D eigenvalue weighted by atomic mass is 79.9. The van der Waals surface area contributed by atoms with Crippen molar-refractivity contribution >= 4 is 15.9 Å². The van der Waals surface area contributed by atoms with Gasteiger partial charge in [-0.2, -0.15) is 5.10 Å². The third-order valence-corrected chi connectivity index (χ3v) is 4.26. The molecular weight excluding hydrogens is 309 g/mol. The average Bonchev–Trinajstić information content (AvgIpc) is 2.56. The number of hydrogen-bond donors (Lipinski definition) is 1. The molecule has 5 heteroatoms. The molecule has 0 radical (unpaired) electrons. The molecule has 0 bridgehead atoms. The van der Waals surface area contributed by atoms with Gasteiger partial charge in [0, 0.05) is 25.1 Å². The number of nitrogens with two attached hydrogens (primary N) is 1. The molecule has 102 valence electrons. The molecule has 0 aliphatic heterocycles. The summed E-state index contributed by atoms with van der Waals surface area (Å²) >= 11 is 3.50. The molecule has 2 N–H and O–H groups in total. The van der Waals surface area contributed by atoms with Gasteiger partial charge in [-0.25, -0.2) is 4.39 Å². The van der Waals surface area contributed by atoms with E-state index >= 15 is 0 Å². The lowest BCUT2D eigenvalue weighted by Gasteiger charge is -2.14. The molecular formula is C14H17BrFN3. The third kappa shape index (κ3) is 2.87. The molecule has 1 heterocycles. The highest BCUT2D eigenvalue weighted by molar-refractivity contribution is 9.10. The summed E-state index contributed by atoms with van der Waals surface area (Å²) in [5, 5.41) is 4.31. The smallest absolute Gasteiger partial charge is 0.128 e. The normalized spacial score (nSPS) is 12.7. The van der Waals surface area contributed by atoms with Gasteiger partial charge in [0.2, 0.25) is 0 Å². The second-order valence-electron chi connectivity index (χ2n) is 4.81. The van der Waals surface area contributed by atoms with Crippen LogP contribution in [0.3, 0.4) is 0 Å². The standard InChI is InChI=1S/C14H17BrFN3/c1-8-4-5-10(11(16)6-8)12(17)7-13-14(15)9(2)18-19(13)3/h4-6,12H,7,17H2,1-3H3. The zero-order chi connectivity index (χ0) is 14.2. The van der Waals surface area contributed by atoms with E-state index in [1.165, 1.54) is 6.07 Å². The Morgan fingerprint density at radius 2 is 2.11 bits per heavy atom. The van der Waals surface area contributed by atoms with Gasteiger partial charge in [0.05, 0.1) is 15.9 Å². The van der Waals surface area contributed by atoms with Gasteiger partial charge in [-0.05, 0) is 41.4 Å². The van der Waals surface area contributed by atoms with E-state index < -0.39 is 0 Å². The maximum Gasteiger partial charge on any atom is 0.128 e. The summed E-state index contributed by atoms with van der Waals surface area (Å²) in [5.74, 6) is -0.248. The van der Waals surface area contributed by atoms with Crippen molar-refractivity contribution < 1.29 is 4.39 Å². The van der Waals surface area contributed by atoms with E-state index in [1.54, 1.807) is 10.7 Å². The second-order valence-corrected chi connectivity index (χ2v) is 5.60. The minimum atomic E-state index is -0.383. The molecule has 0 amide bonds. The van der Waals surface area contributed by atoms with Crippen LogP contribution in [-0.2, 0) is 13.5 Å². The number of halogens is 2. The summed E-state index contributed by atoms with van der Waals surface area (Å²) in [6.07, 6.45) is 0.540. The van der Waals surface area contributed by atoms with E-state index in [0.717, 1.165) is 21.4 Å². The van der Waals surface area contributed by atoms with Crippen LogP contribution in [0.1, 0.15) is 28.6 Å². The number of benzene rings is 1. The fourth-order valence-electron chi connectivity index (χ4n) is 2.15. The van der Waals surface area contributed by atoms with E-state index in [-0.39, 0.29) is 11.9 Å². The third-order valence-electron chi connectivity index (χ3n) is 3.23. The van der Waals surface area contributed by atoms with Crippen LogP contribution in [-0.4, -0.2) is 9.78 Å². The lowest BCUT2D eigenvalue weighted by molar-refractivity contribution is 0.567. The van der Waals surface area contributed by atoms with Crippen molar-refractivity contribution in [3.8, 4) is 0 Å². The molecule has 2 aromatic rings. The fourth-order valence-corrected chi connectivity index (χ4v) is 2.65. The van der Waals surface area contributed by atoms with Crippen LogP contribution in [0.2, 0.25) is 0 Å². The Morgan fingerprint density at radius 3 is 2.63 bits per heavy atom. The van der Waals surface area contributed by atoms with Crippen molar-refractivity contribution in [2.24, 2.45) is 12.8 Å². The summed E-state index contributed by atoms with van der Waals surface area (Å²) in [6.45, 7) is 3.78. The summed E-state index contributed by atoms with van der Waals surface area (Å²) in [6, 6.07) is 4.76. The van der Waals surface area contributed by atoms with Crippen LogP contribution in [0.15, 0.2) is 22.7 Å². The first-order valence-electron chi connectivity index (χ1n) is 6.09. The Labute approximate surface area is 120 Å². The molecule has 1 aromatic carbocycles. The molecule has 0 aliphatic rings. The molecule has 1 atom stereocenters. The molecule has 0 aliphatic carbocycles. The van der Waals surface area contributed by atoms with Gasteiger partial charge in [-0.1, -0.05) is 12.1 Å². The minimum Gasteiger partial charge on any atom is -0.324 e. The van der Waals surface area contributed by atoms with Gasteiger partial charge < -0.3 is 5.73 Å². The topological polar surface area (TPSA) is 43.8 Å². The zero-order valence-corrected chi connectivity index (χ0v) is 12.8. The van der Waals surface area contributed by atoms with E-state index in [4.69, 9.17) is 5.73 Å². The van der Waals surface area contributed by atoms with Crippen molar-refractivity contribution in [3.63, 3.8) is 0 Å². The summed E-state index contributed by atoms with van der Waals surface area (Å²) in [5.41, 5.74) is 9.44. The first kappa shape index (κ1) is 14.2. The van der Waals surface area contributed by atoms with Gasteiger partial charge in [-0.3, -0.25) is 4.68 Å². The summed E-state index contributed by atoms with van der Waals surface area (Å²) in [7, 11) is 1.87. The molecule has 3 nitrogen and oxygen atoms in total. The minimum absolute atomic E-state index is 0.248. The SMILES string of the molecule is Cc1ccc(C(N)Cc2c(Br)c(C)nn2C)c(F)c1. The highest BCUT2D eigenvalue weighted by Crippen LogP contribution is 2.26. The molecule has 19 heavy (non-hydrogen) atoms. The molecule has 1 aromatic heterocycles. The van der Waals surface area contributed by atoms with E-state index in [9.17, 15) is 4.39 Å². The Balaban J connectivity index is 2.28. The lowest BCUT2D eigenvalue weighted by atomic mass is 10.0. The van der Waals surface area contributed by atoms with Gasteiger partial charge in [0.15, 0.2) is 0 Å². The predicted molar refractivity (Wildman–Crippen MR) is 77.4 cm³/mol. The van der Waals surface area contributed by atoms with Crippen molar-refractivity contribution in [2.45, 2.75) is 26.3 Å². The number of hydrogen-bond acceptors (Lipinski definition) is 2. The van der Waals surface area contributed by atoms with Crippen LogP contribution < -0.4 is 5.73 Å². The molecule has 0 fully saturated rings. The maximum atomic E-state index is 13.9. The Bertz CT molecular complexity index is 607. The van der Waals surface area contributed by atoms with Crippen LogP contribution >= 0.6 is 15.9 Å². The van der Waals surface area contributed by atoms with Gasteiger partial charge in [-0.15, -0.1) is 0 Å². The number of aryl methyl sites for hydroxylation is 3. The maximum absolute atomic E-state index is 13.9. The largest absolute Gasteiger partial charge is 0.324 e. The second kappa shape index (κ2) is 5.43. The zero-order valence-electron chi connectivity index (χ0n) is 11.2. The predicted octanol–water partition coefficient (Wildman–Crippen LogP) is 3.18. The monoisotopic (exact) mass is 325 g/mol. The number of nitrogens with zero attached hydrogens (tertiary/aromatic N) is 2. The molecule has 0 saturated heterocycles. The van der Waals surface area contributed by atoms with Crippen LogP contribution in [0.25, 0.3) is 0 Å². The van der Waals surface area contributed by atoms with Crippen molar-refractivity contribution in [3.05, 3.63) is 51.0 Å². The van der Waals surface area contributed by atoms with Crippen LogP contribution in [0, 0.1) is 19.7 Å². The summed E-state index contributed by atoms with van der Waals surface area (Å²) in [4.78, 5) is 0. The number of aromatic nitrogens is 2. The summed E-state index contributed by atoms with van der Waals surface area (Å²) < 4.78 is 16.6. The molecule has 0 saturated carbocycles. The van der Waals surface area contributed by atoms with Gasteiger partial charge >= 0.3 is 0 Å². The van der Waals surface area contributed by atoms with E-state index in [2.05, 4.69) is 21.0 Å². The van der Waals surface area contributed by atoms with Crippen molar-refractivity contribution in [1.82, 2.24) is 9.78 Å². The quantitative estimate of drug-likeness (QED) is 0.941. The number of rotatable bonds is 3. The fraction of sp³-hybridized carbons (Fsp3) is 0.357. The average molecular weight is 326 g/mol. The molecule has 0 spiro atoms. The Kier molecular flexibility index (Phi) is 4.06. The van der Waals surface area contributed by atoms with Gasteiger partial charge in [0.1, 0.15) is 5.82 Å². The first-order chi connectivity index (χ1) is 8.90. The van der Waals surface area contributed by atoms with Crippen LogP contribution in [0.4, 0.5) is 4.39 Å².